The molecule has 228 valence electrons. The zero-order valence-corrected chi connectivity index (χ0v) is 26.6. The Kier molecular flexibility index (Phi) is 8.50. The molecule has 6 heteroatoms. The van der Waals surface area contributed by atoms with E-state index in [9.17, 15) is 15.0 Å². The van der Waals surface area contributed by atoms with E-state index in [1.54, 1.807) is 0 Å². The van der Waals surface area contributed by atoms with E-state index in [1.165, 1.54) is 61.6 Å². The summed E-state index contributed by atoms with van der Waals surface area (Å²) >= 11 is 1.35. The fraction of sp³-hybridized carbons (Fsp3) is 0.800. The van der Waals surface area contributed by atoms with E-state index in [4.69, 9.17) is 4.74 Å². The number of ether oxygens (including phenoxy) is 1. The number of aliphatic hydroxyl groups excluding tert-OH is 2. The fourth-order valence-corrected chi connectivity index (χ4v) is 11.8. The third kappa shape index (κ3) is 5.26. The van der Waals surface area contributed by atoms with Crippen molar-refractivity contribution in [3.63, 3.8) is 0 Å². The highest BCUT2D eigenvalue weighted by Crippen LogP contribution is 2.69. The Hall–Kier alpha value is -1.24. The Labute approximate surface area is 252 Å². The van der Waals surface area contributed by atoms with Crippen molar-refractivity contribution in [2.45, 2.75) is 122 Å². The summed E-state index contributed by atoms with van der Waals surface area (Å²) in [6.45, 7) is 10.1. The molecule has 11 atom stereocenters. The number of aliphatic hydroxyl groups is 2. The largest absolute Gasteiger partial charge is 0.449 e. The number of amides is 1. The van der Waals surface area contributed by atoms with Crippen molar-refractivity contribution in [2.24, 2.45) is 52.3 Å². The molecule has 5 aliphatic rings. The summed E-state index contributed by atoms with van der Waals surface area (Å²) in [5.41, 5.74) is 3.34. The van der Waals surface area contributed by atoms with Crippen LogP contribution in [0.3, 0.4) is 0 Å². The van der Waals surface area contributed by atoms with Gasteiger partial charge in [-0.2, -0.15) is 0 Å². The van der Waals surface area contributed by atoms with Gasteiger partial charge in [0.1, 0.15) is 0 Å². The lowest BCUT2D eigenvalue weighted by Gasteiger charge is -2.64. The van der Waals surface area contributed by atoms with Crippen LogP contribution >= 0.6 is 11.9 Å². The van der Waals surface area contributed by atoms with Crippen LogP contribution in [-0.2, 0) is 17.6 Å². The molecule has 0 bridgehead atoms. The van der Waals surface area contributed by atoms with Gasteiger partial charge in [0.25, 0.3) is 0 Å². The van der Waals surface area contributed by atoms with E-state index in [-0.39, 0.29) is 29.1 Å². The van der Waals surface area contributed by atoms with Crippen LogP contribution in [0.25, 0.3) is 0 Å². The Bertz CT molecular complexity index is 1110. The van der Waals surface area contributed by atoms with Gasteiger partial charge in [-0.3, -0.25) is 4.72 Å². The van der Waals surface area contributed by atoms with Gasteiger partial charge in [-0.1, -0.05) is 40.2 Å². The number of fused-ring (bicyclic) bond motifs is 6. The van der Waals surface area contributed by atoms with Crippen molar-refractivity contribution >= 4 is 18.0 Å². The van der Waals surface area contributed by atoms with Gasteiger partial charge < -0.3 is 14.9 Å². The van der Waals surface area contributed by atoms with Crippen LogP contribution in [0.15, 0.2) is 23.1 Å². The molecule has 3 N–H and O–H groups in total. The fourth-order valence-electron chi connectivity index (χ4n) is 11.2. The molecule has 0 heterocycles. The zero-order chi connectivity index (χ0) is 28.9. The predicted molar refractivity (Wildman–Crippen MR) is 164 cm³/mol. The van der Waals surface area contributed by atoms with Crippen LogP contribution in [0.2, 0.25) is 0 Å². The normalized spacial score (nSPS) is 42.0. The van der Waals surface area contributed by atoms with Crippen molar-refractivity contribution in [3.05, 3.63) is 29.3 Å². The second-order valence-electron chi connectivity index (χ2n) is 15.0. The van der Waals surface area contributed by atoms with Gasteiger partial charge in [0, 0.05) is 4.90 Å². The van der Waals surface area contributed by atoms with Gasteiger partial charge in [-0.15, -0.1) is 0 Å². The van der Waals surface area contributed by atoms with Crippen LogP contribution in [-0.4, -0.2) is 35.1 Å². The van der Waals surface area contributed by atoms with Gasteiger partial charge in [0.05, 0.1) is 18.8 Å². The minimum atomic E-state index is -0.352. The van der Waals surface area contributed by atoms with Gasteiger partial charge in [-0.05, 0) is 158 Å². The number of nitrogens with one attached hydrogen (secondary N) is 1. The summed E-state index contributed by atoms with van der Waals surface area (Å²) in [4.78, 5) is 13.5. The lowest BCUT2D eigenvalue weighted by Crippen LogP contribution is -2.62. The van der Waals surface area contributed by atoms with Crippen molar-refractivity contribution in [2.75, 3.05) is 6.61 Å². The second-order valence-corrected chi connectivity index (χ2v) is 15.9. The Balaban J connectivity index is 1.05. The molecule has 4 unspecified atom stereocenters. The first-order valence-corrected chi connectivity index (χ1v) is 17.5. The third-order valence-corrected chi connectivity index (χ3v) is 14.0. The Morgan fingerprint density at radius 2 is 1.80 bits per heavy atom. The maximum Gasteiger partial charge on any atom is 0.417 e. The molecule has 0 radical (unpaired) electrons. The molecule has 4 saturated carbocycles. The highest BCUT2D eigenvalue weighted by molar-refractivity contribution is 7.98. The number of carbonyl (C=O) groups is 1. The Morgan fingerprint density at radius 1 is 1.05 bits per heavy atom. The van der Waals surface area contributed by atoms with E-state index in [1.807, 2.05) is 0 Å². The van der Waals surface area contributed by atoms with Crippen LogP contribution in [0.1, 0.15) is 103 Å². The van der Waals surface area contributed by atoms with Crippen LogP contribution in [0, 0.1) is 52.3 Å². The number of hydrogen-bond donors (Lipinski definition) is 3. The van der Waals surface area contributed by atoms with Crippen molar-refractivity contribution in [1.82, 2.24) is 4.72 Å². The van der Waals surface area contributed by atoms with Crippen molar-refractivity contribution in [1.29, 1.82) is 0 Å². The van der Waals surface area contributed by atoms with Crippen molar-refractivity contribution in [3.8, 4) is 0 Å². The Morgan fingerprint density at radius 3 is 2.61 bits per heavy atom. The van der Waals surface area contributed by atoms with Gasteiger partial charge >= 0.3 is 6.09 Å². The first-order valence-electron chi connectivity index (χ1n) is 16.7. The van der Waals surface area contributed by atoms with Gasteiger partial charge in [0.15, 0.2) is 0 Å². The lowest BCUT2D eigenvalue weighted by molar-refractivity contribution is -0.203. The number of hydrogen-bond acceptors (Lipinski definition) is 5. The van der Waals surface area contributed by atoms with E-state index in [0.29, 0.717) is 48.0 Å². The molecule has 5 nitrogen and oxygen atoms in total. The number of aryl methyl sites for hydroxylation is 2. The molecule has 1 aromatic rings. The molecule has 6 rings (SSSR count). The smallest absolute Gasteiger partial charge is 0.417 e. The molecule has 0 saturated heterocycles. The molecule has 1 amide bonds. The standard InChI is InChI=1S/C35H53NO4S/c1-5-26-30-20-24(37)13-16-35(30,4)29-14-17-34(3)27(11-12-28(34)31(29)32(26)38)21(2)15-18-40-33(39)36-41-25-10-9-22-7-6-8-23(22)19-25/h9-10,19,21,24,26-32,37-38H,5-8,11-18,20H2,1-4H3,(H,36,39)/t21-,24-,26-,27?,28?,29?,30+,31+,32-,34?,35-/m1/s1. The summed E-state index contributed by atoms with van der Waals surface area (Å²) in [6, 6.07) is 6.48. The van der Waals surface area contributed by atoms with Gasteiger partial charge in [0.2, 0.25) is 0 Å². The van der Waals surface area contributed by atoms with Gasteiger partial charge in [-0.25, -0.2) is 4.79 Å². The molecule has 0 aliphatic heterocycles. The summed E-state index contributed by atoms with van der Waals surface area (Å²) in [7, 11) is 0. The first-order chi connectivity index (χ1) is 19.7. The molecule has 41 heavy (non-hydrogen) atoms. The van der Waals surface area contributed by atoms with E-state index < -0.39 is 0 Å². The predicted octanol–water partition coefficient (Wildman–Crippen LogP) is 7.56. The topological polar surface area (TPSA) is 78.8 Å². The summed E-state index contributed by atoms with van der Waals surface area (Å²) in [5.74, 6) is 3.34. The zero-order valence-electron chi connectivity index (χ0n) is 25.7. The van der Waals surface area contributed by atoms with Crippen LogP contribution in [0.5, 0.6) is 0 Å². The maximum atomic E-state index is 12.5. The van der Waals surface area contributed by atoms with E-state index in [0.717, 1.165) is 43.4 Å². The monoisotopic (exact) mass is 583 g/mol. The van der Waals surface area contributed by atoms with Crippen LogP contribution in [0.4, 0.5) is 4.79 Å². The molecular formula is C35H53NO4S. The lowest BCUT2D eigenvalue weighted by atomic mass is 9.41. The molecular weight excluding hydrogens is 530 g/mol. The third-order valence-electron chi connectivity index (χ3n) is 13.3. The summed E-state index contributed by atoms with van der Waals surface area (Å²) in [6.07, 6.45) is 12.4. The molecule has 0 aromatic heterocycles. The SMILES string of the molecule is CC[C@H]1[C@@H](O)[C@H]2C3CCC([C@H](C)CCOC(=O)NSc4ccc5c(c4)CCC5)C3(C)CCC2[C@@]2(C)CC[C@@H](O)C[C@@H]12. The summed E-state index contributed by atoms with van der Waals surface area (Å²) < 4.78 is 8.51. The molecule has 1 aromatic carbocycles. The van der Waals surface area contributed by atoms with Crippen LogP contribution < -0.4 is 4.72 Å². The number of rotatable bonds is 7. The second kappa shape index (κ2) is 11.7. The molecule has 5 aliphatic carbocycles. The summed E-state index contributed by atoms with van der Waals surface area (Å²) in [5, 5.41) is 22.5. The van der Waals surface area contributed by atoms with Crippen molar-refractivity contribution < 1.29 is 19.7 Å². The maximum absolute atomic E-state index is 12.5. The first kappa shape index (κ1) is 29.8. The minimum Gasteiger partial charge on any atom is -0.449 e. The molecule has 0 spiro atoms. The quantitative estimate of drug-likeness (QED) is 0.289. The average Bonchev–Trinajstić information content (AvgIpc) is 3.56. The van der Waals surface area contributed by atoms with E-state index in [2.05, 4.69) is 50.6 Å². The average molecular weight is 584 g/mol. The number of benzene rings is 1. The minimum absolute atomic E-state index is 0.196. The highest BCUT2D eigenvalue weighted by Gasteiger charge is 2.64. The van der Waals surface area contributed by atoms with E-state index >= 15 is 0 Å². The number of carbonyl (C=O) groups excluding carboxylic acids is 1. The molecule has 4 fully saturated rings. The highest BCUT2D eigenvalue weighted by atomic mass is 32.2.